The summed E-state index contributed by atoms with van der Waals surface area (Å²) in [5, 5.41) is 25.3. The summed E-state index contributed by atoms with van der Waals surface area (Å²) in [7, 11) is -2.14. The first-order chi connectivity index (χ1) is 14.1. The monoisotopic (exact) mass is 474 g/mol. The highest BCUT2D eigenvalue weighted by Crippen LogP contribution is 2.21. The topological polar surface area (TPSA) is 133 Å². The van der Waals surface area contributed by atoms with Gasteiger partial charge in [0, 0.05) is 24.8 Å². The average molecular weight is 475 g/mol. The Balaban J connectivity index is 2.18. The van der Waals surface area contributed by atoms with Gasteiger partial charge in [0.15, 0.2) is 5.13 Å². The van der Waals surface area contributed by atoms with Crippen LogP contribution in [0.15, 0.2) is 29.9 Å². The van der Waals surface area contributed by atoms with E-state index in [-0.39, 0.29) is 17.2 Å². The number of amides is 1. The lowest BCUT2D eigenvalue weighted by molar-refractivity contribution is -0.00409. The smallest absolute Gasteiger partial charge is 0.271 e. The van der Waals surface area contributed by atoms with Crippen molar-refractivity contribution in [1.82, 2.24) is 15.3 Å². The van der Waals surface area contributed by atoms with Gasteiger partial charge in [0.1, 0.15) is 11.8 Å². The molecule has 0 saturated heterocycles. The van der Waals surface area contributed by atoms with E-state index in [4.69, 9.17) is 0 Å². The second-order valence-electron chi connectivity index (χ2n) is 6.72. The number of rotatable bonds is 11. The lowest BCUT2D eigenvalue weighted by atomic mass is 9.97. The maximum atomic E-state index is 12.7. The average Bonchev–Trinajstić information content (AvgIpc) is 3.20. The number of hydrogen-bond acceptors (Lipinski definition) is 9. The number of anilines is 1. The predicted octanol–water partition coefficient (Wildman–Crippen LogP) is 0.750. The molecule has 2 aromatic heterocycles. The molecule has 0 radical (unpaired) electrons. The summed E-state index contributed by atoms with van der Waals surface area (Å²) >= 11 is 2.57. The Hall–Kier alpha value is -1.73. The molecular weight excluding hydrogens is 448 g/mol. The second kappa shape index (κ2) is 11.0. The van der Waals surface area contributed by atoms with E-state index < -0.39 is 34.2 Å². The zero-order chi connectivity index (χ0) is 22.3. The van der Waals surface area contributed by atoms with Crippen molar-refractivity contribution in [3.05, 3.63) is 41.2 Å². The fraction of sp³-hybridized carbons (Fsp3) is 0.500. The third kappa shape index (κ3) is 6.91. The quantitative estimate of drug-likeness (QED) is 0.435. The van der Waals surface area contributed by atoms with Crippen LogP contribution in [0.2, 0.25) is 0 Å². The molecule has 0 aliphatic heterocycles. The first-order valence-corrected chi connectivity index (χ1v) is 13.2. The van der Waals surface area contributed by atoms with E-state index in [1.54, 1.807) is 36.3 Å². The molecule has 166 valence electrons. The summed E-state index contributed by atoms with van der Waals surface area (Å²) in [6.45, 7) is 0. The van der Waals surface area contributed by atoms with E-state index in [2.05, 4.69) is 15.3 Å². The molecule has 9 nitrogen and oxygen atoms in total. The number of aliphatic hydroxyl groups excluding tert-OH is 2. The Kier molecular flexibility index (Phi) is 9.04. The number of sulfonamides is 1. The number of nitrogens with one attached hydrogen (secondary N) is 1. The van der Waals surface area contributed by atoms with Crippen LogP contribution in [0, 0.1) is 0 Å². The van der Waals surface area contributed by atoms with Gasteiger partial charge >= 0.3 is 0 Å². The number of thioether (sulfide) groups is 1. The van der Waals surface area contributed by atoms with E-state index in [0.717, 1.165) is 27.5 Å². The number of thiazole rings is 1. The Morgan fingerprint density at radius 1 is 1.33 bits per heavy atom. The van der Waals surface area contributed by atoms with Crippen LogP contribution in [0.1, 0.15) is 22.5 Å². The van der Waals surface area contributed by atoms with Crippen molar-refractivity contribution >= 4 is 44.2 Å². The molecule has 3 unspecified atom stereocenters. The summed E-state index contributed by atoms with van der Waals surface area (Å²) in [6.07, 6.45) is 4.64. The molecule has 3 atom stereocenters. The van der Waals surface area contributed by atoms with Crippen molar-refractivity contribution in [3.63, 3.8) is 0 Å². The lowest BCUT2D eigenvalue weighted by Gasteiger charge is -2.27. The van der Waals surface area contributed by atoms with Crippen LogP contribution >= 0.6 is 23.1 Å². The second-order valence-corrected chi connectivity index (χ2v) is 10.6. The van der Waals surface area contributed by atoms with Gasteiger partial charge in [0.25, 0.3) is 5.91 Å². The first kappa shape index (κ1) is 24.5. The molecule has 0 aliphatic rings. The molecule has 30 heavy (non-hydrogen) atoms. The minimum Gasteiger partial charge on any atom is -0.390 e. The van der Waals surface area contributed by atoms with Gasteiger partial charge in [-0.05, 0) is 42.5 Å². The van der Waals surface area contributed by atoms with Crippen molar-refractivity contribution in [2.24, 2.45) is 0 Å². The number of nitrogens with zero attached hydrogens (tertiary/aromatic N) is 3. The maximum absolute atomic E-state index is 12.7. The highest BCUT2D eigenvalue weighted by Gasteiger charge is 2.29. The number of pyridine rings is 1. The van der Waals surface area contributed by atoms with E-state index in [1.165, 1.54) is 12.4 Å². The molecule has 0 spiro atoms. The Morgan fingerprint density at radius 2 is 2.00 bits per heavy atom. The summed E-state index contributed by atoms with van der Waals surface area (Å²) in [4.78, 5) is 20.8. The molecule has 12 heteroatoms. The van der Waals surface area contributed by atoms with Gasteiger partial charge < -0.3 is 15.5 Å². The Morgan fingerprint density at radius 3 is 2.60 bits per heavy atom. The van der Waals surface area contributed by atoms with Gasteiger partial charge in [-0.1, -0.05) is 0 Å². The van der Waals surface area contributed by atoms with Gasteiger partial charge in [0.05, 0.1) is 18.4 Å². The molecule has 0 aliphatic carbocycles. The normalized spacial score (nSPS) is 14.7. The van der Waals surface area contributed by atoms with E-state index in [1.807, 2.05) is 6.26 Å². The minimum absolute atomic E-state index is 0.0380. The van der Waals surface area contributed by atoms with Crippen molar-refractivity contribution in [1.29, 1.82) is 0 Å². The third-order valence-electron chi connectivity index (χ3n) is 4.44. The third-order valence-corrected chi connectivity index (χ3v) is 7.28. The highest BCUT2D eigenvalue weighted by atomic mass is 32.2. The number of aliphatic hydroxyl groups is 2. The van der Waals surface area contributed by atoms with Crippen LogP contribution in [-0.4, -0.2) is 78.1 Å². The Bertz CT molecular complexity index is 923. The molecular formula is C18H26N4O5S3. The van der Waals surface area contributed by atoms with Crippen molar-refractivity contribution in [2.75, 3.05) is 29.6 Å². The van der Waals surface area contributed by atoms with Gasteiger partial charge in [0.2, 0.25) is 10.0 Å². The van der Waals surface area contributed by atoms with Gasteiger partial charge in [-0.25, -0.2) is 17.7 Å². The lowest BCUT2D eigenvalue weighted by Crippen LogP contribution is -2.50. The fourth-order valence-electron chi connectivity index (χ4n) is 2.60. The van der Waals surface area contributed by atoms with Gasteiger partial charge in [-0.3, -0.25) is 9.78 Å². The molecule has 0 saturated carbocycles. The van der Waals surface area contributed by atoms with Crippen molar-refractivity contribution in [3.8, 4) is 0 Å². The molecule has 2 rings (SSSR count). The Labute approximate surface area is 184 Å². The maximum Gasteiger partial charge on any atom is 0.271 e. The molecule has 3 N–H and O–H groups in total. The standard InChI is InChI=1S/C18H26N4O5S3/c1-22(30(3,26)27)18-21-14(11-29-18)17(25)20-13(10-12-4-7-19-8-5-12)16(24)15(23)6-9-28-2/h4-5,7-8,11,13,15-16,23-24H,6,9-10H2,1-3H3,(H,20,25). The predicted molar refractivity (Wildman–Crippen MR) is 120 cm³/mol. The summed E-state index contributed by atoms with van der Waals surface area (Å²) < 4.78 is 24.3. The summed E-state index contributed by atoms with van der Waals surface area (Å²) in [5.74, 6) is 0.107. The van der Waals surface area contributed by atoms with E-state index in [9.17, 15) is 23.4 Å². The zero-order valence-electron chi connectivity index (χ0n) is 16.9. The molecule has 2 aromatic rings. The summed E-state index contributed by atoms with van der Waals surface area (Å²) in [6, 6.07) is 2.76. The fourth-order valence-corrected chi connectivity index (χ4v) is 4.62. The largest absolute Gasteiger partial charge is 0.390 e. The molecule has 2 heterocycles. The highest BCUT2D eigenvalue weighted by molar-refractivity contribution is 7.98. The molecule has 0 bridgehead atoms. The number of aromatic nitrogens is 2. The number of carbonyl (C=O) groups excluding carboxylic acids is 1. The van der Waals surface area contributed by atoms with Crippen LogP contribution in [0.4, 0.5) is 5.13 Å². The first-order valence-electron chi connectivity index (χ1n) is 9.07. The zero-order valence-corrected chi connectivity index (χ0v) is 19.4. The van der Waals surface area contributed by atoms with Gasteiger partial charge in [-0.15, -0.1) is 11.3 Å². The minimum atomic E-state index is -3.50. The molecule has 0 aromatic carbocycles. The van der Waals surface area contributed by atoms with E-state index in [0.29, 0.717) is 12.2 Å². The van der Waals surface area contributed by atoms with Crippen molar-refractivity contribution in [2.45, 2.75) is 31.1 Å². The van der Waals surface area contributed by atoms with Crippen LogP contribution in [-0.2, 0) is 16.4 Å². The van der Waals surface area contributed by atoms with Crippen LogP contribution < -0.4 is 9.62 Å². The van der Waals surface area contributed by atoms with Crippen LogP contribution in [0.5, 0.6) is 0 Å². The molecule has 1 amide bonds. The van der Waals surface area contributed by atoms with Crippen molar-refractivity contribution < 1.29 is 23.4 Å². The van der Waals surface area contributed by atoms with Gasteiger partial charge in [-0.2, -0.15) is 11.8 Å². The van der Waals surface area contributed by atoms with Crippen LogP contribution in [0.3, 0.4) is 0 Å². The number of carbonyl (C=O) groups is 1. The SMILES string of the molecule is CSCCC(O)C(O)C(Cc1ccncc1)NC(=O)c1csc(N(C)S(C)(=O)=O)n1. The number of hydrogen-bond donors (Lipinski definition) is 3. The molecule has 0 fully saturated rings. The van der Waals surface area contributed by atoms with Crippen LogP contribution in [0.25, 0.3) is 0 Å². The summed E-state index contributed by atoms with van der Waals surface area (Å²) in [5.41, 5.74) is 0.873. The van der Waals surface area contributed by atoms with E-state index >= 15 is 0 Å².